The first-order chi connectivity index (χ1) is 16.7. The van der Waals surface area contributed by atoms with Crippen LogP contribution < -0.4 is 0 Å². The fourth-order valence-corrected chi connectivity index (χ4v) is 4.13. The zero-order chi connectivity index (χ0) is 23.6. The highest BCUT2D eigenvalue weighted by Gasteiger charge is 2.17. The van der Waals surface area contributed by atoms with Crippen molar-refractivity contribution in [3.8, 4) is 11.4 Å². The van der Waals surface area contributed by atoms with Gasteiger partial charge in [-0.15, -0.1) is 0 Å². The van der Waals surface area contributed by atoms with Gasteiger partial charge in [-0.25, -0.2) is 0 Å². The number of hydrogen-bond donors (Lipinski definition) is 0. The highest BCUT2D eigenvalue weighted by molar-refractivity contribution is 5.76. The van der Waals surface area contributed by atoms with E-state index in [0.29, 0.717) is 31.1 Å². The van der Waals surface area contributed by atoms with Crippen LogP contribution >= 0.6 is 0 Å². The number of ether oxygens (including phenoxy) is 1. The molecule has 1 aliphatic rings. The third-order valence-corrected chi connectivity index (χ3v) is 6.20. The first-order valence-corrected chi connectivity index (χ1v) is 12.2. The molecule has 0 spiro atoms. The van der Waals surface area contributed by atoms with Crippen molar-refractivity contribution >= 4 is 5.91 Å². The van der Waals surface area contributed by atoms with Crippen LogP contribution in [0.25, 0.3) is 11.4 Å². The van der Waals surface area contributed by atoms with Crippen molar-refractivity contribution in [2.45, 2.75) is 32.6 Å². The maximum atomic E-state index is 13.1. The van der Waals surface area contributed by atoms with Crippen LogP contribution in [0.2, 0.25) is 0 Å². The van der Waals surface area contributed by atoms with Crippen molar-refractivity contribution in [1.29, 1.82) is 0 Å². The fraction of sp³-hybridized carbons (Fsp3) is 0.444. The summed E-state index contributed by atoms with van der Waals surface area (Å²) in [4.78, 5) is 22.0. The van der Waals surface area contributed by atoms with E-state index in [4.69, 9.17) is 9.26 Å². The monoisotopic (exact) mass is 462 g/mol. The molecule has 0 atom stereocenters. The molecule has 3 aromatic rings. The summed E-state index contributed by atoms with van der Waals surface area (Å²) in [5.74, 6) is 1.32. The summed E-state index contributed by atoms with van der Waals surface area (Å²) < 4.78 is 10.9. The second kappa shape index (κ2) is 12.4. The van der Waals surface area contributed by atoms with Crippen LogP contribution in [0, 0.1) is 6.92 Å². The molecule has 180 valence electrons. The summed E-state index contributed by atoms with van der Waals surface area (Å²) >= 11 is 0. The number of carbonyl (C=O) groups is 1. The molecule has 1 fully saturated rings. The molecule has 7 heteroatoms. The number of amides is 1. The van der Waals surface area contributed by atoms with Gasteiger partial charge in [0.25, 0.3) is 0 Å². The second-order valence-corrected chi connectivity index (χ2v) is 8.80. The van der Waals surface area contributed by atoms with E-state index in [-0.39, 0.29) is 5.91 Å². The molecule has 2 heterocycles. The van der Waals surface area contributed by atoms with Gasteiger partial charge in [0.2, 0.25) is 17.6 Å². The van der Waals surface area contributed by atoms with Gasteiger partial charge < -0.3 is 14.2 Å². The molecular formula is C27H34N4O3. The molecule has 7 nitrogen and oxygen atoms in total. The lowest BCUT2D eigenvalue weighted by atomic mass is 10.1. The molecular weight excluding hydrogens is 428 g/mol. The maximum absolute atomic E-state index is 13.1. The SMILES string of the molecule is Cc1ccc(-c2noc(CCN(CCCN3CCOCC3)C(=O)CCc3ccccc3)n2)cc1. The van der Waals surface area contributed by atoms with E-state index in [1.165, 1.54) is 11.1 Å². The molecule has 0 N–H and O–H groups in total. The predicted molar refractivity (Wildman–Crippen MR) is 131 cm³/mol. The van der Waals surface area contributed by atoms with Gasteiger partial charge >= 0.3 is 0 Å². The van der Waals surface area contributed by atoms with Crippen molar-refractivity contribution in [2.24, 2.45) is 0 Å². The van der Waals surface area contributed by atoms with Gasteiger partial charge in [0.15, 0.2) is 0 Å². The Labute approximate surface area is 201 Å². The highest BCUT2D eigenvalue weighted by Crippen LogP contribution is 2.17. The van der Waals surface area contributed by atoms with Crippen LogP contribution in [0.4, 0.5) is 0 Å². The number of morpholine rings is 1. The standard InChI is InChI=1S/C27H34N4O3/c1-22-8-11-24(12-9-22)27-28-25(34-29-27)14-17-31(16-5-15-30-18-20-33-21-19-30)26(32)13-10-23-6-3-2-4-7-23/h2-4,6-9,11-12H,5,10,13-21H2,1H3. The Hall–Kier alpha value is -3.03. The summed E-state index contributed by atoms with van der Waals surface area (Å²) in [7, 11) is 0. The molecule has 0 radical (unpaired) electrons. The van der Waals surface area contributed by atoms with Crippen molar-refractivity contribution in [3.63, 3.8) is 0 Å². The molecule has 0 unspecified atom stereocenters. The summed E-state index contributed by atoms with van der Waals surface area (Å²) in [6.45, 7) is 7.84. The Morgan fingerprint density at radius 2 is 1.76 bits per heavy atom. The number of benzene rings is 2. The number of nitrogens with zero attached hydrogens (tertiary/aromatic N) is 4. The lowest BCUT2D eigenvalue weighted by Crippen LogP contribution is -2.39. The number of hydrogen-bond acceptors (Lipinski definition) is 6. The Morgan fingerprint density at radius 3 is 2.53 bits per heavy atom. The van der Waals surface area contributed by atoms with Crippen LogP contribution in [0.15, 0.2) is 59.1 Å². The molecule has 2 aromatic carbocycles. The van der Waals surface area contributed by atoms with E-state index in [0.717, 1.165) is 57.8 Å². The zero-order valence-electron chi connectivity index (χ0n) is 20.0. The molecule has 1 saturated heterocycles. The van der Waals surface area contributed by atoms with Gasteiger partial charge in [0.1, 0.15) is 0 Å². The Kier molecular flexibility index (Phi) is 8.82. The van der Waals surface area contributed by atoms with Gasteiger partial charge in [0.05, 0.1) is 13.2 Å². The lowest BCUT2D eigenvalue weighted by molar-refractivity contribution is -0.131. The average Bonchev–Trinajstić information content (AvgIpc) is 3.35. The molecule has 0 aliphatic carbocycles. The van der Waals surface area contributed by atoms with Crippen LogP contribution in [-0.4, -0.2) is 71.8 Å². The minimum Gasteiger partial charge on any atom is -0.379 e. The highest BCUT2D eigenvalue weighted by atomic mass is 16.5. The molecule has 1 aromatic heterocycles. The summed E-state index contributed by atoms with van der Waals surface area (Å²) in [5, 5.41) is 4.13. The van der Waals surface area contributed by atoms with E-state index in [2.05, 4.69) is 27.2 Å². The molecule has 1 amide bonds. The first-order valence-electron chi connectivity index (χ1n) is 12.2. The molecule has 1 aliphatic heterocycles. The molecule has 34 heavy (non-hydrogen) atoms. The largest absolute Gasteiger partial charge is 0.379 e. The smallest absolute Gasteiger partial charge is 0.228 e. The second-order valence-electron chi connectivity index (χ2n) is 8.80. The van der Waals surface area contributed by atoms with E-state index in [9.17, 15) is 4.79 Å². The van der Waals surface area contributed by atoms with Crippen molar-refractivity contribution in [3.05, 3.63) is 71.6 Å². The average molecular weight is 463 g/mol. The van der Waals surface area contributed by atoms with E-state index in [1.807, 2.05) is 54.3 Å². The zero-order valence-corrected chi connectivity index (χ0v) is 20.0. The van der Waals surface area contributed by atoms with Crippen molar-refractivity contribution in [1.82, 2.24) is 19.9 Å². The van der Waals surface area contributed by atoms with Gasteiger partial charge in [0, 0.05) is 51.1 Å². The summed E-state index contributed by atoms with van der Waals surface area (Å²) in [6, 6.07) is 18.2. The minimum atomic E-state index is 0.170. The number of aryl methyl sites for hydroxylation is 2. The van der Waals surface area contributed by atoms with Gasteiger partial charge in [-0.2, -0.15) is 4.98 Å². The topological polar surface area (TPSA) is 71.7 Å². The fourth-order valence-electron chi connectivity index (χ4n) is 4.13. The molecule has 4 rings (SSSR count). The first kappa shape index (κ1) is 24.1. The van der Waals surface area contributed by atoms with Gasteiger partial charge in [-0.05, 0) is 25.3 Å². The van der Waals surface area contributed by atoms with E-state index in [1.54, 1.807) is 0 Å². The maximum Gasteiger partial charge on any atom is 0.228 e. The van der Waals surface area contributed by atoms with E-state index >= 15 is 0 Å². The third-order valence-electron chi connectivity index (χ3n) is 6.20. The van der Waals surface area contributed by atoms with Crippen molar-refractivity contribution in [2.75, 3.05) is 45.9 Å². The summed E-state index contributed by atoms with van der Waals surface area (Å²) in [6.07, 6.45) is 2.74. The Balaban J connectivity index is 1.33. The quantitative estimate of drug-likeness (QED) is 0.432. The van der Waals surface area contributed by atoms with Gasteiger partial charge in [-0.3, -0.25) is 9.69 Å². The van der Waals surface area contributed by atoms with Crippen LogP contribution in [0.1, 0.15) is 29.9 Å². The van der Waals surface area contributed by atoms with E-state index < -0.39 is 0 Å². The normalized spacial score (nSPS) is 14.3. The van der Waals surface area contributed by atoms with Crippen LogP contribution in [0.3, 0.4) is 0 Å². The van der Waals surface area contributed by atoms with Crippen LogP contribution in [0.5, 0.6) is 0 Å². The summed E-state index contributed by atoms with van der Waals surface area (Å²) in [5.41, 5.74) is 3.31. The number of aromatic nitrogens is 2. The number of rotatable bonds is 11. The predicted octanol–water partition coefficient (Wildman–Crippen LogP) is 3.77. The van der Waals surface area contributed by atoms with Crippen molar-refractivity contribution < 1.29 is 14.1 Å². The molecule has 0 bridgehead atoms. The third kappa shape index (κ3) is 7.23. The van der Waals surface area contributed by atoms with Crippen LogP contribution in [-0.2, 0) is 22.4 Å². The number of carbonyl (C=O) groups excluding carboxylic acids is 1. The Bertz CT molecular complexity index is 1010. The minimum absolute atomic E-state index is 0.170. The Morgan fingerprint density at radius 1 is 1.00 bits per heavy atom. The van der Waals surface area contributed by atoms with Gasteiger partial charge in [-0.1, -0.05) is 65.3 Å². The lowest BCUT2D eigenvalue weighted by Gasteiger charge is -2.28. The molecule has 0 saturated carbocycles.